The fraction of sp³-hybridized carbons (Fsp3) is 0.450. The number of aryl methyl sites for hydroxylation is 1. The summed E-state index contributed by atoms with van der Waals surface area (Å²) in [5.41, 5.74) is 5.51. The van der Waals surface area contributed by atoms with E-state index in [9.17, 15) is 0 Å². The van der Waals surface area contributed by atoms with E-state index < -0.39 is 0 Å². The molecular weight excluding hydrogens is 541 g/mol. The Bertz CT molecular complexity index is 1530. The molecule has 0 aliphatic heterocycles. The van der Waals surface area contributed by atoms with Gasteiger partial charge in [-0.15, -0.1) is 11.8 Å². The smallest absolute Gasteiger partial charge is 0.103 e. The molecule has 0 amide bonds. The summed E-state index contributed by atoms with van der Waals surface area (Å²) in [6, 6.07) is 30.2. The van der Waals surface area contributed by atoms with Crippen LogP contribution in [0.1, 0.15) is 108 Å². The number of hydrogen-bond donors (Lipinski definition) is 0. The van der Waals surface area contributed by atoms with Crippen molar-refractivity contribution in [1.29, 1.82) is 0 Å². The second kappa shape index (κ2) is 18.0. The lowest BCUT2D eigenvalue weighted by Gasteiger charge is -2.07. The Morgan fingerprint density at radius 2 is 0.953 bits per heavy atom. The summed E-state index contributed by atoms with van der Waals surface area (Å²) in [6.07, 6.45) is 23.6. The van der Waals surface area contributed by atoms with Crippen molar-refractivity contribution in [2.24, 2.45) is 0 Å². The molecule has 2 nitrogen and oxygen atoms in total. The van der Waals surface area contributed by atoms with Gasteiger partial charge in [-0.25, -0.2) is 9.97 Å². The van der Waals surface area contributed by atoms with Crippen molar-refractivity contribution in [1.82, 2.24) is 9.97 Å². The molecule has 4 aromatic carbocycles. The van der Waals surface area contributed by atoms with E-state index in [-0.39, 0.29) is 0 Å². The Morgan fingerprint density at radius 3 is 1.63 bits per heavy atom. The lowest BCUT2D eigenvalue weighted by Crippen LogP contribution is -1.90. The quantitative estimate of drug-likeness (QED) is 0.0512. The Balaban J connectivity index is 0.798. The summed E-state index contributed by atoms with van der Waals surface area (Å²) in [4.78, 5) is 11.0. The summed E-state index contributed by atoms with van der Waals surface area (Å²) in [5.74, 6) is 1.17. The second-order valence-corrected chi connectivity index (χ2v) is 13.4. The highest BCUT2D eigenvalue weighted by molar-refractivity contribution is 7.99. The minimum absolute atomic E-state index is 0.975. The highest BCUT2D eigenvalue weighted by Crippen LogP contribution is 2.28. The third-order valence-electron chi connectivity index (χ3n) is 8.76. The number of fused-ring (bicyclic) bond motifs is 3. The van der Waals surface area contributed by atoms with Crippen LogP contribution in [0.4, 0.5) is 0 Å². The van der Waals surface area contributed by atoms with E-state index in [2.05, 4.69) is 66.7 Å². The molecule has 0 atom stereocenters. The van der Waals surface area contributed by atoms with Crippen molar-refractivity contribution in [2.75, 3.05) is 5.75 Å². The van der Waals surface area contributed by atoms with Gasteiger partial charge in [0.1, 0.15) is 5.52 Å². The van der Waals surface area contributed by atoms with Gasteiger partial charge in [-0.1, -0.05) is 151 Å². The van der Waals surface area contributed by atoms with Gasteiger partial charge in [-0.3, -0.25) is 0 Å². The molecule has 43 heavy (non-hydrogen) atoms. The molecule has 0 unspecified atom stereocenters. The lowest BCUT2D eigenvalue weighted by atomic mass is 10.0. The van der Waals surface area contributed by atoms with E-state index >= 15 is 0 Å². The van der Waals surface area contributed by atoms with Crippen molar-refractivity contribution in [2.45, 2.75) is 114 Å². The molecule has 0 aliphatic rings. The number of aromatic nitrogens is 2. The van der Waals surface area contributed by atoms with Gasteiger partial charge in [0, 0.05) is 4.90 Å². The highest BCUT2D eigenvalue weighted by Gasteiger charge is 2.06. The first-order valence-corrected chi connectivity index (χ1v) is 18.1. The van der Waals surface area contributed by atoms with Crippen molar-refractivity contribution in [3.8, 4) is 0 Å². The van der Waals surface area contributed by atoms with Gasteiger partial charge in [0.15, 0.2) is 0 Å². The number of para-hydroxylation sites is 3. The number of nitrogens with zero attached hydrogens (tertiary/aromatic N) is 2. The van der Waals surface area contributed by atoms with Crippen molar-refractivity contribution >= 4 is 44.6 Å². The van der Waals surface area contributed by atoms with Crippen LogP contribution in [-0.2, 0) is 6.42 Å². The van der Waals surface area contributed by atoms with Crippen LogP contribution >= 0.6 is 11.8 Å². The maximum Gasteiger partial charge on any atom is 0.103 e. The SMILES string of the molecule is c1ccc2cc(CCCCCCCCCCCCCCCCCCSc3cccc4nc5ccccc5nc34)ccc2c1. The first kappa shape index (κ1) is 31.5. The molecule has 0 saturated carbocycles. The molecule has 5 aromatic rings. The molecule has 0 bridgehead atoms. The summed E-state index contributed by atoms with van der Waals surface area (Å²) in [5, 5.41) is 2.73. The van der Waals surface area contributed by atoms with Gasteiger partial charge in [0.05, 0.1) is 16.6 Å². The molecule has 0 fully saturated rings. The fourth-order valence-corrected chi connectivity index (χ4v) is 7.25. The molecule has 1 aromatic heterocycles. The summed E-state index contributed by atoms with van der Waals surface area (Å²) >= 11 is 1.94. The van der Waals surface area contributed by atoms with Crippen LogP contribution < -0.4 is 0 Å². The van der Waals surface area contributed by atoms with Crippen LogP contribution in [0, 0.1) is 0 Å². The summed E-state index contributed by atoms with van der Waals surface area (Å²) < 4.78 is 0. The first-order valence-electron chi connectivity index (χ1n) is 17.1. The van der Waals surface area contributed by atoms with Gasteiger partial charge >= 0.3 is 0 Å². The predicted octanol–water partition coefficient (Wildman–Crippen LogP) is 12.5. The van der Waals surface area contributed by atoms with Crippen molar-refractivity contribution in [3.05, 3.63) is 90.5 Å². The minimum atomic E-state index is 0.975. The minimum Gasteiger partial charge on any atom is -0.244 e. The lowest BCUT2D eigenvalue weighted by molar-refractivity contribution is 0.530. The topological polar surface area (TPSA) is 25.8 Å². The first-order chi connectivity index (χ1) is 21.4. The zero-order valence-electron chi connectivity index (χ0n) is 26.1. The average Bonchev–Trinajstić information content (AvgIpc) is 3.05. The standard InChI is InChI=1S/C40H50N2S/c1(3-5-7-9-11-13-15-22-33-29-30-34-23-16-17-24-35(34)32-33)2-4-6-8-10-12-14-20-31-43-39-28-21-27-38-40(39)42-37-26-19-18-25-36(37)41-38/h16-19,21,23-30,32H,1-15,20,22,31H2. The third kappa shape index (κ3) is 10.3. The van der Waals surface area contributed by atoms with E-state index in [1.54, 1.807) is 0 Å². The van der Waals surface area contributed by atoms with Crippen LogP contribution in [0.2, 0.25) is 0 Å². The Kier molecular flexibility index (Phi) is 13.2. The largest absolute Gasteiger partial charge is 0.244 e. The third-order valence-corrected chi connectivity index (χ3v) is 9.90. The van der Waals surface area contributed by atoms with Gasteiger partial charge in [0.2, 0.25) is 0 Å². The summed E-state index contributed by atoms with van der Waals surface area (Å²) in [6.45, 7) is 0. The van der Waals surface area contributed by atoms with Crippen molar-refractivity contribution < 1.29 is 0 Å². The molecule has 0 radical (unpaired) electrons. The molecule has 0 saturated heterocycles. The van der Waals surface area contributed by atoms with E-state index in [1.807, 2.05) is 30.0 Å². The number of rotatable bonds is 20. The fourth-order valence-electron chi connectivity index (χ4n) is 6.22. The molecule has 226 valence electrons. The molecule has 0 N–H and O–H groups in total. The van der Waals surface area contributed by atoms with Gasteiger partial charge < -0.3 is 0 Å². The zero-order valence-corrected chi connectivity index (χ0v) is 26.9. The number of benzene rings is 4. The summed E-state index contributed by atoms with van der Waals surface area (Å²) in [7, 11) is 0. The van der Waals surface area contributed by atoms with Gasteiger partial charge in [-0.2, -0.15) is 0 Å². The molecule has 1 heterocycles. The maximum atomic E-state index is 4.91. The van der Waals surface area contributed by atoms with Crippen LogP contribution in [0.25, 0.3) is 32.8 Å². The Morgan fingerprint density at radius 1 is 0.419 bits per heavy atom. The van der Waals surface area contributed by atoms with Gasteiger partial charge in [0.25, 0.3) is 0 Å². The Hall–Kier alpha value is -2.91. The van der Waals surface area contributed by atoms with Crippen LogP contribution in [0.15, 0.2) is 89.8 Å². The van der Waals surface area contributed by atoms with E-state index in [0.717, 1.165) is 22.1 Å². The molecule has 5 rings (SSSR count). The molecule has 0 spiro atoms. The average molecular weight is 591 g/mol. The molecule has 3 heteroatoms. The van der Waals surface area contributed by atoms with E-state index in [4.69, 9.17) is 9.97 Å². The monoisotopic (exact) mass is 590 g/mol. The van der Waals surface area contributed by atoms with E-state index in [0.29, 0.717) is 0 Å². The second-order valence-electron chi connectivity index (χ2n) is 12.3. The van der Waals surface area contributed by atoms with Crippen LogP contribution in [0.5, 0.6) is 0 Å². The van der Waals surface area contributed by atoms with Crippen LogP contribution in [0.3, 0.4) is 0 Å². The number of hydrogen-bond acceptors (Lipinski definition) is 3. The maximum absolute atomic E-state index is 4.91. The van der Waals surface area contributed by atoms with E-state index in [1.165, 1.54) is 136 Å². The van der Waals surface area contributed by atoms with Gasteiger partial charge in [-0.05, 0) is 65.6 Å². The van der Waals surface area contributed by atoms with Crippen molar-refractivity contribution in [3.63, 3.8) is 0 Å². The normalized spacial score (nSPS) is 11.6. The highest BCUT2D eigenvalue weighted by atomic mass is 32.2. The Labute approximate surface area is 264 Å². The number of unbranched alkanes of at least 4 members (excludes halogenated alkanes) is 15. The zero-order chi connectivity index (χ0) is 29.4. The number of thioether (sulfide) groups is 1. The van der Waals surface area contributed by atoms with Crippen LogP contribution in [-0.4, -0.2) is 15.7 Å². The predicted molar refractivity (Wildman–Crippen MR) is 189 cm³/mol. The molecular formula is C40H50N2S. The molecule has 0 aliphatic carbocycles.